The normalized spacial score (nSPS) is 34.9. The van der Waals surface area contributed by atoms with Gasteiger partial charge in [0.15, 0.2) is 0 Å². The Balaban J connectivity index is 2.06. The van der Waals surface area contributed by atoms with Crippen LogP contribution < -0.4 is 5.73 Å². The van der Waals surface area contributed by atoms with Crippen LogP contribution in [0.15, 0.2) is 0 Å². The van der Waals surface area contributed by atoms with Crippen LogP contribution in [0.3, 0.4) is 0 Å². The minimum Gasteiger partial charge on any atom is -0.381 e. The number of sulfonamides is 1. The molecule has 2 aliphatic heterocycles. The minimum atomic E-state index is -3.19. The SMILES string of the molecule is CC1CCCN(S(=O)(=O)CC2CCOC2)C1CN. The summed E-state index contributed by atoms with van der Waals surface area (Å²) >= 11 is 0. The van der Waals surface area contributed by atoms with Crippen molar-refractivity contribution in [3.8, 4) is 0 Å². The molecule has 0 aromatic heterocycles. The summed E-state index contributed by atoms with van der Waals surface area (Å²) in [5.74, 6) is 0.736. The van der Waals surface area contributed by atoms with E-state index in [4.69, 9.17) is 10.5 Å². The topological polar surface area (TPSA) is 72.6 Å². The summed E-state index contributed by atoms with van der Waals surface area (Å²) in [7, 11) is -3.19. The lowest BCUT2D eigenvalue weighted by Crippen LogP contribution is -2.52. The first-order chi connectivity index (χ1) is 8.54. The van der Waals surface area contributed by atoms with E-state index in [-0.39, 0.29) is 17.7 Å². The third-order valence-corrected chi connectivity index (χ3v) is 6.19. The monoisotopic (exact) mass is 276 g/mol. The van der Waals surface area contributed by atoms with Crippen molar-refractivity contribution >= 4 is 10.0 Å². The Morgan fingerprint density at radius 2 is 2.17 bits per heavy atom. The molecule has 2 heterocycles. The Hall–Kier alpha value is -0.170. The number of hydrogen-bond acceptors (Lipinski definition) is 4. The van der Waals surface area contributed by atoms with Gasteiger partial charge in [-0.25, -0.2) is 8.42 Å². The molecule has 6 heteroatoms. The van der Waals surface area contributed by atoms with E-state index in [2.05, 4.69) is 6.92 Å². The highest BCUT2D eigenvalue weighted by Crippen LogP contribution is 2.27. The molecule has 2 aliphatic rings. The van der Waals surface area contributed by atoms with E-state index >= 15 is 0 Å². The molecule has 0 aromatic carbocycles. The van der Waals surface area contributed by atoms with E-state index in [1.54, 1.807) is 4.31 Å². The van der Waals surface area contributed by atoms with Crippen LogP contribution in [0.1, 0.15) is 26.2 Å². The predicted molar refractivity (Wildman–Crippen MR) is 70.7 cm³/mol. The van der Waals surface area contributed by atoms with E-state index in [0.29, 0.717) is 32.2 Å². The van der Waals surface area contributed by atoms with Crippen LogP contribution in [0, 0.1) is 11.8 Å². The second-order valence-corrected chi connectivity index (χ2v) is 7.51. The van der Waals surface area contributed by atoms with Gasteiger partial charge >= 0.3 is 0 Å². The summed E-state index contributed by atoms with van der Waals surface area (Å²) in [6.45, 7) is 4.41. The summed E-state index contributed by atoms with van der Waals surface area (Å²) in [4.78, 5) is 0. The van der Waals surface area contributed by atoms with Gasteiger partial charge in [0.1, 0.15) is 0 Å². The summed E-state index contributed by atoms with van der Waals surface area (Å²) in [6, 6.07) is -0.0222. The lowest BCUT2D eigenvalue weighted by Gasteiger charge is -2.38. The molecule has 0 spiro atoms. The Morgan fingerprint density at radius 1 is 1.39 bits per heavy atom. The first-order valence-electron chi connectivity index (χ1n) is 6.82. The van der Waals surface area contributed by atoms with Gasteiger partial charge < -0.3 is 10.5 Å². The van der Waals surface area contributed by atoms with Gasteiger partial charge in [-0.1, -0.05) is 6.92 Å². The fourth-order valence-electron chi connectivity index (χ4n) is 3.01. The van der Waals surface area contributed by atoms with Gasteiger partial charge in [0, 0.05) is 25.7 Å². The van der Waals surface area contributed by atoms with Crippen LogP contribution in [0.4, 0.5) is 0 Å². The van der Waals surface area contributed by atoms with Gasteiger partial charge in [-0.15, -0.1) is 0 Å². The predicted octanol–water partition coefficient (Wildman–Crippen LogP) is 0.412. The van der Waals surface area contributed by atoms with Gasteiger partial charge in [-0.3, -0.25) is 0 Å². The molecule has 0 radical (unpaired) electrons. The maximum Gasteiger partial charge on any atom is 0.214 e. The molecule has 0 amide bonds. The van der Waals surface area contributed by atoms with Crippen LogP contribution in [0.5, 0.6) is 0 Å². The number of nitrogens with two attached hydrogens (primary N) is 1. The first kappa shape index (κ1) is 14.2. The molecular formula is C12H24N2O3S. The fraction of sp³-hybridized carbons (Fsp3) is 1.00. The van der Waals surface area contributed by atoms with Crippen molar-refractivity contribution < 1.29 is 13.2 Å². The van der Waals surface area contributed by atoms with E-state index in [0.717, 1.165) is 19.3 Å². The molecule has 3 atom stereocenters. The molecule has 5 nitrogen and oxygen atoms in total. The van der Waals surface area contributed by atoms with Gasteiger partial charge in [0.2, 0.25) is 10.0 Å². The Morgan fingerprint density at radius 3 is 2.78 bits per heavy atom. The highest BCUT2D eigenvalue weighted by molar-refractivity contribution is 7.89. The molecule has 0 aliphatic carbocycles. The maximum atomic E-state index is 12.5. The number of ether oxygens (including phenoxy) is 1. The highest BCUT2D eigenvalue weighted by Gasteiger charge is 2.37. The van der Waals surface area contributed by atoms with Crippen molar-refractivity contribution in [1.29, 1.82) is 0 Å². The summed E-state index contributed by atoms with van der Waals surface area (Å²) < 4.78 is 31.9. The van der Waals surface area contributed by atoms with E-state index in [1.165, 1.54) is 0 Å². The van der Waals surface area contributed by atoms with Gasteiger partial charge in [0.25, 0.3) is 0 Å². The average Bonchev–Trinajstić information content (AvgIpc) is 2.80. The Kier molecular flexibility index (Phi) is 4.64. The molecule has 2 rings (SSSR count). The zero-order valence-electron chi connectivity index (χ0n) is 11.0. The molecule has 0 saturated carbocycles. The number of rotatable bonds is 4. The van der Waals surface area contributed by atoms with Gasteiger partial charge in [-0.05, 0) is 31.1 Å². The molecule has 2 N–H and O–H groups in total. The second kappa shape index (κ2) is 5.86. The smallest absolute Gasteiger partial charge is 0.214 e. The molecule has 106 valence electrons. The standard InChI is InChI=1S/C12H24N2O3S/c1-10-3-2-5-14(12(10)7-13)18(15,16)9-11-4-6-17-8-11/h10-12H,2-9,13H2,1H3. The Bertz CT molecular complexity index is 366. The van der Waals surface area contributed by atoms with Crippen LogP contribution in [0.25, 0.3) is 0 Å². The van der Waals surface area contributed by atoms with Crippen LogP contribution in [0.2, 0.25) is 0 Å². The second-order valence-electron chi connectivity index (χ2n) is 5.54. The van der Waals surface area contributed by atoms with Crippen molar-refractivity contribution in [2.45, 2.75) is 32.2 Å². The molecule has 0 bridgehead atoms. The van der Waals surface area contributed by atoms with Crippen LogP contribution >= 0.6 is 0 Å². The fourth-order valence-corrected chi connectivity index (χ4v) is 5.18. The molecule has 18 heavy (non-hydrogen) atoms. The molecule has 2 saturated heterocycles. The van der Waals surface area contributed by atoms with Crippen molar-refractivity contribution in [3.63, 3.8) is 0 Å². The maximum absolute atomic E-state index is 12.5. The summed E-state index contributed by atoms with van der Waals surface area (Å²) in [5, 5.41) is 0. The quantitative estimate of drug-likeness (QED) is 0.807. The first-order valence-corrected chi connectivity index (χ1v) is 8.43. The number of piperidine rings is 1. The number of hydrogen-bond donors (Lipinski definition) is 1. The lowest BCUT2D eigenvalue weighted by atomic mass is 9.93. The van der Waals surface area contributed by atoms with Crippen molar-refractivity contribution in [1.82, 2.24) is 4.31 Å². The van der Waals surface area contributed by atoms with Gasteiger partial charge in [0.05, 0.1) is 12.4 Å². The van der Waals surface area contributed by atoms with E-state index in [1.807, 2.05) is 0 Å². The Labute approximate surface area is 110 Å². The summed E-state index contributed by atoms with van der Waals surface area (Å²) in [5.41, 5.74) is 5.76. The van der Waals surface area contributed by atoms with E-state index in [9.17, 15) is 8.42 Å². The van der Waals surface area contributed by atoms with Crippen LogP contribution in [-0.4, -0.2) is 50.8 Å². The van der Waals surface area contributed by atoms with E-state index < -0.39 is 10.0 Å². The zero-order chi connectivity index (χ0) is 13.2. The van der Waals surface area contributed by atoms with Crippen molar-refractivity contribution in [2.24, 2.45) is 17.6 Å². The minimum absolute atomic E-state index is 0.0222. The van der Waals surface area contributed by atoms with Gasteiger partial charge in [-0.2, -0.15) is 4.31 Å². The lowest BCUT2D eigenvalue weighted by molar-refractivity contribution is 0.183. The number of nitrogens with zero attached hydrogens (tertiary/aromatic N) is 1. The third kappa shape index (κ3) is 3.04. The highest BCUT2D eigenvalue weighted by atomic mass is 32.2. The molecule has 0 aromatic rings. The summed E-state index contributed by atoms with van der Waals surface area (Å²) in [6.07, 6.45) is 2.87. The molecular weight excluding hydrogens is 252 g/mol. The third-order valence-electron chi connectivity index (χ3n) is 4.13. The van der Waals surface area contributed by atoms with Crippen LogP contribution in [-0.2, 0) is 14.8 Å². The largest absolute Gasteiger partial charge is 0.381 e. The van der Waals surface area contributed by atoms with Crippen molar-refractivity contribution in [3.05, 3.63) is 0 Å². The zero-order valence-corrected chi connectivity index (χ0v) is 11.9. The average molecular weight is 276 g/mol. The molecule has 3 unspecified atom stereocenters. The van der Waals surface area contributed by atoms with Crippen molar-refractivity contribution in [2.75, 3.05) is 32.1 Å². The molecule has 2 fully saturated rings.